The molecular weight excluding hydrogens is 352 g/mol. The minimum absolute atomic E-state index is 0.299. The number of nitrogens with two attached hydrogens (primary N) is 1. The van der Waals surface area contributed by atoms with E-state index in [1.54, 1.807) is 0 Å². The molecule has 1 aromatic heterocycles. The number of hydrogen-bond donors (Lipinski definition) is 1. The fraction of sp³-hybridized carbons (Fsp3) is 0.0667. The van der Waals surface area contributed by atoms with Crippen molar-refractivity contribution in [3.63, 3.8) is 0 Å². The lowest BCUT2D eigenvalue weighted by Gasteiger charge is -2.11. The zero-order valence-electron chi connectivity index (χ0n) is 11.0. The first-order valence-corrected chi connectivity index (χ1v) is 7.53. The van der Waals surface area contributed by atoms with Crippen LogP contribution in [0.3, 0.4) is 0 Å². The van der Waals surface area contributed by atoms with Gasteiger partial charge in [0.05, 0.1) is 11.6 Å². The molecule has 0 saturated heterocycles. The highest BCUT2D eigenvalue weighted by Gasteiger charge is 2.17. The maximum absolute atomic E-state index is 6.38. The van der Waals surface area contributed by atoms with Crippen LogP contribution in [0.25, 0.3) is 17.1 Å². The number of para-hydroxylation sites is 1. The Kier molecular flexibility index (Phi) is 4.05. The van der Waals surface area contributed by atoms with Crippen LogP contribution < -0.4 is 5.73 Å². The Labute approximate surface area is 135 Å². The molecule has 2 aromatic carbocycles. The first-order chi connectivity index (χ1) is 10.2. The highest BCUT2D eigenvalue weighted by Crippen LogP contribution is 2.34. The summed E-state index contributed by atoms with van der Waals surface area (Å²) >= 11 is 9.81. The van der Waals surface area contributed by atoms with Crippen LogP contribution in [-0.2, 0) is 6.54 Å². The van der Waals surface area contributed by atoms with Gasteiger partial charge in [0.2, 0.25) is 0 Å². The monoisotopic (exact) mass is 362 g/mol. The van der Waals surface area contributed by atoms with Crippen LogP contribution in [-0.4, -0.2) is 14.8 Å². The van der Waals surface area contributed by atoms with Crippen LogP contribution in [0.1, 0.15) is 5.82 Å². The second-order valence-electron chi connectivity index (χ2n) is 4.42. The van der Waals surface area contributed by atoms with Crippen molar-refractivity contribution < 1.29 is 0 Å². The fourth-order valence-corrected chi connectivity index (χ4v) is 2.72. The summed E-state index contributed by atoms with van der Waals surface area (Å²) in [4.78, 5) is 0. The van der Waals surface area contributed by atoms with Gasteiger partial charge in [-0.1, -0.05) is 35.9 Å². The van der Waals surface area contributed by atoms with Gasteiger partial charge in [-0.3, -0.25) is 4.57 Å². The Hall–Kier alpha value is -1.69. The van der Waals surface area contributed by atoms with Crippen LogP contribution in [0.4, 0.5) is 0 Å². The molecule has 0 unspecified atom stereocenters. The summed E-state index contributed by atoms with van der Waals surface area (Å²) in [6.07, 6.45) is 0. The topological polar surface area (TPSA) is 56.7 Å². The lowest BCUT2D eigenvalue weighted by atomic mass is 10.2. The van der Waals surface area contributed by atoms with E-state index in [4.69, 9.17) is 17.3 Å². The number of aromatic nitrogens is 3. The van der Waals surface area contributed by atoms with Gasteiger partial charge in [-0.2, -0.15) is 0 Å². The summed E-state index contributed by atoms with van der Waals surface area (Å²) in [5.41, 5.74) is 7.54. The van der Waals surface area contributed by atoms with Crippen molar-refractivity contribution in [3.05, 3.63) is 63.9 Å². The van der Waals surface area contributed by atoms with Crippen LogP contribution >= 0.6 is 27.5 Å². The lowest BCUT2D eigenvalue weighted by molar-refractivity contribution is 0.861. The van der Waals surface area contributed by atoms with Crippen molar-refractivity contribution in [2.24, 2.45) is 5.73 Å². The molecule has 0 radical (unpaired) electrons. The van der Waals surface area contributed by atoms with Crippen molar-refractivity contribution in [1.29, 1.82) is 0 Å². The molecule has 0 fully saturated rings. The zero-order valence-corrected chi connectivity index (χ0v) is 13.3. The Morgan fingerprint density at radius 1 is 1.05 bits per heavy atom. The molecule has 0 atom stereocenters. The van der Waals surface area contributed by atoms with E-state index < -0.39 is 0 Å². The van der Waals surface area contributed by atoms with Gasteiger partial charge in [-0.25, -0.2) is 0 Å². The van der Waals surface area contributed by atoms with Gasteiger partial charge in [0, 0.05) is 15.7 Å². The summed E-state index contributed by atoms with van der Waals surface area (Å²) in [6.45, 7) is 0.299. The molecule has 4 nitrogen and oxygen atoms in total. The highest BCUT2D eigenvalue weighted by atomic mass is 79.9. The van der Waals surface area contributed by atoms with Gasteiger partial charge in [0.15, 0.2) is 11.6 Å². The smallest absolute Gasteiger partial charge is 0.170 e. The average molecular weight is 364 g/mol. The molecule has 0 aliphatic carbocycles. The van der Waals surface area contributed by atoms with Crippen molar-refractivity contribution in [3.8, 4) is 17.1 Å². The molecule has 106 valence electrons. The van der Waals surface area contributed by atoms with Gasteiger partial charge in [-0.15, -0.1) is 10.2 Å². The van der Waals surface area contributed by atoms with Gasteiger partial charge >= 0.3 is 0 Å². The highest BCUT2D eigenvalue weighted by molar-refractivity contribution is 9.10. The number of nitrogens with zero attached hydrogens (tertiary/aromatic N) is 3. The molecule has 0 aliphatic rings. The minimum atomic E-state index is 0.299. The summed E-state index contributed by atoms with van der Waals surface area (Å²) in [7, 11) is 0. The number of hydrogen-bond acceptors (Lipinski definition) is 3. The second-order valence-corrected chi connectivity index (χ2v) is 5.65. The Bertz CT molecular complexity index is 771. The predicted molar refractivity (Wildman–Crippen MR) is 87.4 cm³/mol. The quantitative estimate of drug-likeness (QED) is 0.770. The van der Waals surface area contributed by atoms with E-state index >= 15 is 0 Å². The molecule has 3 aromatic rings. The Balaban J connectivity index is 2.25. The molecule has 0 amide bonds. The third-order valence-electron chi connectivity index (χ3n) is 3.12. The van der Waals surface area contributed by atoms with Crippen LogP contribution in [0.15, 0.2) is 53.0 Å². The molecule has 1 heterocycles. The average Bonchev–Trinajstić information content (AvgIpc) is 2.94. The SMILES string of the molecule is NCc1nnc(-c2cccc(Br)c2Cl)n1-c1ccccc1. The van der Waals surface area contributed by atoms with Crippen LogP contribution in [0.5, 0.6) is 0 Å². The molecule has 0 saturated carbocycles. The van der Waals surface area contributed by atoms with E-state index in [-0.39, 0.29) is 0 Å². The van der Waals surface area contributed by atoms with E-state index in [1.807, 2.05) is 53.1 Å². The van der Waals surface area contributed by atoms with Crippen LogP contribution in [0, 0.1) is 0 Å². The first-order valence-electron chi connectivity index (χ1n) is 6.36. The van der Waals surface area contributed by atoms with Gasteiger partial charge in [-0.05, 0) is 40.2 Å². The normalized spacial score (nSPS) is 10.8. The largest absolute Gasteiger partial charge is 0.324 e. The summed E-state index contributed by atoms with van der Waals surface area (Å²) in [5.74, 6) is 1.36. The van der Waals surface area contributed by atoms with E-state index in [9.17, 15) is 0 Å². The van der Waals surface area contributed by atoms with Crippen molar-refractivity contribution in [2.45, 2.75) is 6.54 Å². The Morgan fingerprint density at radius 2 is 1.81 bits per heavy atom. The molecule has 2 N–H and O–H groups in total. The predicted octanol–water partition coefficient (Wildman–Crippen LogP) is 3.81. The van der Waals surface area contributed by atoms with Gasteiger partial charge in [0.25, 0.3) is 0 Å². The number of rotatable bonds is 3. The molecule has 6 heteroatoms. The summed E-state index contributed by atoms with van der Waals surface area (Å²) in [6, 6.07) is 15.6. The third-order valence-corrected chi connectivity index (χ3v) is 4.42. The molecule has 0 bridgehead atoms. The lowest BCUT2D eigenvalue weighted by Crippen LogP contribution is -2.07. The molecule has 0 spiro atoms. The summed E-state index contributed by atoms with van der Waals surface area (Å²) in [5, 5.41) is 9.04. The number of benzene rings is 2. The minimum Gasteiger partial charge on any atom is -0.324 e. The fourth-order valence-electron chi connectivity index (χ4n) is 2.15. The third kappa shape index (κ3) is 2.60. The van der Waals surface area contributed by atoms with Crippen molar-refractivity contribution in [1.82, 2.24) is 14.8 Å². The van der Waals surface area contributed by atoms with Gasteiger partial charge in [0.1, 0.15) is 0 Å². The van der Waals surface area contributed by atoms with Gasteiger partial charge < -0.3 is 5.73 Å². The molecule has 0 aliphatic heterocycles. The molecular formula is C15H12BrClN4. The standard InChI is InChI=1S/C15H12BrClN4/c16-12-8-4-7-11(14(12)17)15-20-19-13(9-18)21(15)10-5-2-1-3-6-10/h1-8H,9,18H2. The van der Waals surface area contributed by atoms with Crippen molar-refractivity contribution in [2.75, 3.05) is 0 Å². The Morgan fingerprint density at radius 3 is 2.52 bits per heavy atom. The van der Waals surface area contributed by atoms with Crippen LogP contribution in [0.2, 0.25) is 5.02 Å². The maximum atomic E-state index is 6.38. The van der Waals surface area contributed by atoms with E-state index in [1.165, 1.54) is 0 Å². The first kappa shape index (κ1) is 14.3. The van der Waals surface area contributed by atoms with E-state index in [0.717, 1.165) is 15.7 Å². The molecule has 21 heavy (non-hydrogen) atoms. The number of halogens is 2. The van der Waals surface area contributed by atoms with E-state index in [0.29, 0.717) is 23.2 Å². The second kappa shape index (κ2) is 5.97. The van der Waals surface area contributed by atoms with Crippen molar-refractivity contribution >= 4 is 27.5 Å². The zero-order chi connectivity index (χ0) is 14.8. The van der Waals surface area contributed by atoms with E-state index in [2.05, 4.69) is 26.1 Å². The molecule has 3 rings (SSSR count). The maximum Gasteiger partial charge on any atom is 0.170 e. The summed E-state index contributed by atoms with van der Waals surface area (Å²) < 4.78 is 2.74.